The number of carbonyl (C=O) groups is 1. The molecule has 0 atom stereocenters. The summed E-state index contributed by atoms with van der Waals surface area (Å²) in [6.45, 7) is 0. The second-order valence-corrected chi connectivity index (χ2v) is 3.82. The number of halogens is 3. The molecule has 17 heavy (non-hydrogen) atoms. The molecule has 0 aliphatic carbocycles. The van der Waals surface area contributed by atoms with Crippen LogP contribution >= 0.6 is 11.6 Å². The normalized spacial score (nSPS) is 10.6. The highest BCUT2D eigenvalue weighted by atomic mass is 35.5. The molecule has 0 saturated heterocycles. The van der Waals surface area contributed by atoms with E-state index in [1.165, 1.54) is 10.9 Å². The van der Waals surface area contributed by atoms with Crippen LogP contribution in [0.5, 0.6) is 0 Å². The van der Waals surface area contributed by atoms with Gasteiger partial charge in [-0.2, -0.15) is 0 Å². The Labute approximate surface area is 101 Å². The van der Waals surface area contributed by atoms with Gasteiger partial charge in [-0.05, 0) is 6.07 Å². The highest BCUT2D eigenvalue weighted by Crippen LogP contribution is 2.30. The summed E-state index contributed by atoms with van der Waals surface area (Å²) < 4.78 is 28.0. The van der Waals surface area contributed by atoms with Crippen LogP contribution in [0.4, 0.5) is 8.78 Å². The van der Waals surface area contributed by atoms with Crippen molar-refractivity contribution in [1.29, 1.82) is 0 Å². The number of aldehydes is 1. The topological polar surface area (TPSA) is 34.9 Å². The van der Waals surface area contributed by atoms with Gasteiger partial charge in [-0.1, -0.05) is 11.6 Å². The number of rotatable bonds is 2. The molecule has 0 N–H and O–H groups in total. The number of nitrogens with zero attached hydrogens (tertiary/aromatic N) is 2. The van der Waals surface area contributed by atoms with Crippen molar-refractivity contribution in [3.63, 3.8) is 0 Å². The van der Waals surface area contributed by atoms with Crippen LogP contribution < -0.4 is 0 Å². The quantitative estimate of drug-likeness (QED) is 0.775. The second kappa shape index (κ2) is 4.25. The van der Waals surface area contributed by atoms with Crippen LogP contribution in [0.2, 0.25) is 5.15 Å². The third-order valence-electron chi connectivity index (χ3n) is 2.33. The predicted octanol–water partition coefficient (Wildman–Crippen LogP) is 2.83. The summed E-state index contributed by atoms with van der Waals surface area (Å²) in [6, 6.07) is 1.67. The third kappa shape index (κ3) is 1.93. The molecule has 0 fully saturated rings. The van der Waals surface area contributed by atoms with Crippen molar-refractivity contribution in [1.82, 2.24) is 9.55 Å². The van der Waals surface area contributed by atoms with E-state index in [-0.39, 0.29) is 22.0 Å². The van der Waals surface area contributed by atoms with Gasteiger partial charge >= 0.3 is 0 Å². The number of imidazole rings is 1. The average Bonchev–Trinajstić information content (AvgIpc) is 2.59. The van der Waals surface area contributed by atoms with E-state index < -0.39 is 11.6 Å². The number of carbonyl (C=O) groups excluding carboxylic acids is 1. The van der Waals surface area contributed by atoms with Crippen molar-refractivity contribution in [3.05, 3.63) is 40.8 Å². The Morgan fingerprint density at radius 3 is 2.65 bits per heavy atom. The van der Waals surface area contributed by atoms with Crippen LogP contribution in [0.15, 0.2) is 18.5 Å². The highest BCUT2D eigenvalue weighted by Gasteiger charge is 2.17. The molecule has 0 spiro atoms. The van der Waals surface area contributed by atoms with Crippen LogP contribution in [0, 0.1) is 11.6 Å². The lowest BCUT2D eigenvalue weighted by atomic mass is 10.1. The van der Waals surface area contributed by atoms with Crippen LogP contribution in [0.25, 0.3) is 11.3 Å². The summed E-state index contributed by atoms with van der Waals surface area (Å²) in [4.78, 5) is 14.7. The molecular formula is C11H7ClF2N2O. The summed E-state index contributed by atoms with van der Waals surface area (Å²) in [7, 11) is 1.63. The molecule has 6 heteroatoms. The molecular weight excluding hydrogens is 250 g/mol. The standard InChI is InChI=1S/C11H7ClF2N2O/c1-16-5-15-10(11(16)12)7-2-6(13)3-9(14)8(7)4-17/h2-5H,1H3. The van der Waals surface area contributed by atoms with Gasteiger partial charge in [0.15, 0.2) is 6.29 Å². The van der Waals surface area contributed by atoms with Gasteiger partial charge in [0.2, 0.25) is 0 Å². The summed E-state index contributed by atoms with van der Waals surface area (Å²) in [6.07, 6.45) is 1.71. The van der Waals surface area contributed by atoms with Crippen LogP contribution in [-0.2, 0) is 7.05 Å². The lowest BCUT2D eigenvalue weighted by molar-refractivity contribution is 0.112. The zero-order valence-electron chi connectivity index (χ0n) is 8.75. The van der Waals surface area contributed by atoms with E-state index in [1.807, 2.05) is 0 Å². The van der Waals surface area contributed by atoms with E-state index in [2.05, 4.69) is 4.98 Å². The fourth-order valence-electron chi connectivity index (χ4n) is 1.50. The minimum Gasteiger partial charge on any atom is -0.324 e. The molecule has 0 saturated carbocycles. The van der Waals surface area contributed by atoms with Gasteiger partial charge in [-0.15, -0.1) is 0 Å². The molecule has 3 nitrogen and oxygen atoms in total. The van der Waals surface area contributed by atoms with Gasteiger partial charge in [0.25, 0.3) is 0 Å². The van der Waals surface area contributed by atoms with E-state index in [0.29, 0.717) is 12.4 Å². The summed E-state index contributed by atoms with van der Waals surface area (Å²) in [5.74, 6) is -1.72. The number of aryl methyl sites for hydroxylation is 1. The maximum Gasteiger partial charge on any atom is 0.153 e. The van der Waals surface area contributed by atoms with Crippen molar-refractivity contribution in [2.24, 2.45) is 7.05 Å². The molecule has 1 aromatic carbocycles. The molecule has 1 aromatic heterocycles. The number of aromatic nitrogens is 2. The molecule has 0 bridgehead atoms. The predicted molar refractivity (Wildman–Crippen MR) is 59.0 cm³/mol. The van der Waals surface area contributed by atoms with Crippen LogP contribution in [0.3, 0.4) is 0 Å². The fraction of sp³-hybridized carbons (Fsp3) is 0.0909. The lowest BCUT2D eigenvalue weighted by Gasteiger charge is -2.04. The highest BCUT2D eigenvalue weighted by molar-refractivity contribution is 6.32. The molecule has 0 aliphatic rings. The van der Waals surface area contributed by atoms with Crippen molar-refractivity contribution < 1.29 is 13.6 Å². The molecule has 0 unspecified atom stereocenters. The second-order valence-electron chi connectivity index (χ2n) is 3.46. The molecule has 0 aliphatic heterocycles. The molecule has 0 radical (unpaired) electrons. The van der Waals surface area contributed by atoms with Crippen LogP contribution in [-0.4, -0.2) is 15.8 Å². The van der Waals surface area contributed by atoms with E-state index in [9.17, 15) is 13.6 Å². The van der Waals surface area contributed by atoms with Crippen molar-refractivity contribution in [2.75, 3.05) is 0 Å². The Morgan fingerprint density at radius 1 is 1.41 bits per heavy atom. The van der Waals surface area contributed by atoms with Gasteiger partial charge in [-0.25, -0.2) is 13.8 Å². The zero-order valence-corrected chi connectivity index (χ0v) is 9.50. The minimum absolute atomic E-state index is 0.0445. The summed E-state index contributed by atoms with van der Waals surface area (Å²) in [5.41, 5.74) is -0.0373. The van der Waals surface area contributed by atoms with Gasteiger partial charge in [-0.3, -0.25) is 4.79 Å². The van der Waals surface area contributed by atoms with E-state index in [1.54, 1.807) is 7.05 Å². The lowest BCUT2D eigenvalue weighted by Crippen LogP contribution is -1.96. The number of hydrogen-bond acceptors (Lipinski definition) is 2. The SMILES string of the molecule is Cn1cnc(-c2cc(F)cc(F)c2C=O)c1Cl. The zero-order chi connectivity index (χ0) is 12.6. The van der Waals surface area contributed by atoms with Crippen molar-refractivity contribution in [3.8, 4) is 11.3 Å². The molecule has 88 valence electrons. The van der Waals surface area contributed by atoms with Crippen molar-refractivity contribution >= 4 is 17.9 Å². The maximum absolute atomic E-state index is 13.4. The largest absolute Gasteiger partial charge is 0.324 e. The monoisotopic (exact) mass is 256 g/mol. The Hall–Kier alpha value is -1.75. The average molecular weight is 257 g/mol. The summed E-state index contributed by atoms with van der Waals surface area (Å²) in [5, 5.41) is 0.207. The van der Waals surface area contributed by atoms with Gasteiger partial charge in [0, 0.05) is 18.7 Å². The Balaban J connectivity index is 2.74. The van der Waals surface area contributed by atoms with Crippen LogP contribution in [0.1, 0.15) is 10.4 Å². The Kier molecular flexibility index (Phi) is 2.93. The van der Waals surface area contributed by atoms with Crippen molar-refractivity contribution in [2.45, 2.75) is 0 Å². The summed E-state index contributed by atoms with van der Waals surface area (Å²) >= 11 is 5.92. The first-order valence-electron chi connectivity index (χ1n) is 4.66. The van der Waals surface area contributed by atoms with Gasteiger partial charge < -0.3 is 4.57 Å². The van der Waals surface area contributed by atoms with E-state index in [0.717, 1.165) is 6.07 Å². The molecule has 2 aromatic rings. The maximum atomic E-state index is 13.4. The first kappa shape index (κ1) is 11.7. The number of benzene rings is 1. The van der Waals surface area contributed by atoms with Gasteiger partial charge in [0.05, 0.1) is 11.9 Å². The van der Waals surface area contributed by atoms with Gasteiger partial charge in [0.1, 0.15) is 22.5 Å². The third-order valence-corrected chi connectivity index (χ3v) is 2.78. The minimum atomic E-state index is -0.934. The van der Waals surface area contributed by atoms with E-state index >= 15 is 0 Å². The first-order chi connectivity index (χ1) is 8.04. The smallest absolute Gasteiger partial charge is 0.153 e. The van der Waals surface area contributed by atoms with E-state index in [4.69, 9.17) is 11.6 Å². The molecule has 1 heterocycles. The Morgan fingerprint density at radius 2 is 2.12 bits per heavy atom. The first-order valence-corrected chi connectivity index (χ1v) is 5.03. The number of hydrogen-bond donors (Lipinski definition) is 0. The molecule has 0 amide bonds. The Bertz CT molecular complexity index is 595. The molecule has 2 rings (SSSR count). The fourth-order valence-corrected chi connectivity index (χ4v) is 1.69.